The van der Waals surface area contributed by atoms with Gasteiger partial charge in [-0.05, 0) is 42.0 Å². The smallest absolute Gasteiger partial charge is 0.272 e. The monoisotopic (exact) mass is 514 g/mol. The molecule has 4 rings (SSSR count). The molecular weight excluding hydrogens is 492 g/mol. The highest BCUT2D eigenvalue weighted by Crippen LogP contribution is 2.23. The zero-order valence-corrected chi connectivity index (χ0v) is 20.6. The number of thioether (sulfide) groups is 1. The van der Waals surface area contributed by atoms with E-state index in [0.717, 1.165) is 10.5 Å². The number of rotatable bonds is 9. The number of nitrogens with zero attached hydrogens (tertiary/aromatic N) is 1. The van der Waals surface area contributed by atoms with Crippen LogP contribution in [0.2, 0.25) is 0 Å². The van der Waals surface area contributed by atoms with E-state index in [0.29, 0.717) is 16.4 Å². The quantitative estimate of drug-likeness (QED) is 0.208. The van der Waals surface area contributed by atoms with E-state index >= 15 is 0 Å². The molecule has 9 heteroatoms. The van der Waals surface area contributed by atoms with E-state index in [1.54, 1.807) is 60.1 Å². The molecule has 0 saturated carbocycles. The van der Waals surface area contributed by atoms with Crippen LogP contribution in [0, 0.1) is 0 Å². The zero-order chi connectivity index (χ0) is 25.2. The Hall–Kier alpha value is -4.21. The molecule has 0 spiro atoms. The minimum absolute atomic E-state index is 0.107. The molecule has 3 amide bonds. The molecule has 0 radical (unpaired) electrons. The molecule has 0 aliphatic rings. The van der Waals surface area contributed by atoms with Crippen molar-refractivity contribution in [2.45, 2.75) is 4.90 Å². The first-order valence-corrected chi connectivity index (χ1v) is 12.8. The Labute approximate surface area is 216 Å². The van der Waals surface area contributed by atoms with Gasteiger partial charge >= 0.3 is 0 Å². The van der Waals surface area contributed by atoms with Crippen LogP contribution in [0.15, 0.2) is 107 Å². The van der Waals surface area contributed by atoms with Crippen LogP contribution in [0.25, 0.3) is 6.08 Å². The van der Waals surface area contributed by atoms with Crippen molar-refractivity contribution in [3.8, 4) is 0 Å². The highest BCUT2D eigenvalue weighted by Gasteiger charge is 2.15. The number of anilines is 2. The number of carbonyl (C=O) groups excluding carboxylic acids is 3. The van der Waals surface area contributed by atoms with E-state index in [2.05, 4.69) is 20.9 Å². The molecule has 0 atom stereocenters. The van der Waals surface area contributed by atoms with Crippen molar-refractivity contribution in [1.82, 2.24) is 10.3 Å². The second-order valence-electron chi connectivity index (χ2n) is 7.44. The fraction of sp³-hybridized carbons (Fsp3) is 0.0370. The summed E-state index contributed by atoms with van der Waals surface area (Å²) in [6.45, 7) is 0. The summed E-state index contributed by atoms with van der Waals surface area (Å²) in [5.41, 5.74) is 1.86. The third kappa shape index (κ3) is 7.39. The van der Waals surface area contributed by atoms with Gasteiger partial charge in [0.2, 0.25) is 5.91 Å². The maximum absolute atomic E-state index is 13.2. The van der Waals surface area contributed by atoms with Gasteiger partial charge in [0.05, 0.1) is 5.75 Å². The lowest BCUT2D eigenvalue weighted by Crippen LogP contribution is -2.30. The molecular formula is C27H22N4O3S2. The maximum Gasteiger partial charge on any atom is 0.272 e. The van der Waals surface area contributed by atoms with Gasteiger partial charge in [-0.3, -0.25) is 14.4 Å². The molecule has 1 aromatic heterocycles. The normalized spacial score (nSPS) is 10.9. The Balaban J connectivity index is 1.44. The molecule has 1 heterocycles. The number of benzene rings is 3. The first-order valence-electron chi connectivity index (χ1n) is 10.9. The highest BCUT2D eigenvalue weighted by atomic mass is 32.2. The number of amides is 3. The summed E-state index contributed by atoms with van der Waals surface area (Å²) < 4.78 is 0. The third-order valence-corrected chi connectivity index (χ3v) is 6.46. The molecule has 36 heavy (non-hydrogen) atoms. The van der Waals surface area contributed by atoms with Crippen LogP contribution in [-0.2, 0) is 9.59 Å². The summed E-state index contributed by atoms with van der Waals surface area (Å²) in [4.78, 5) is 42.9. The minimum atomic E-state index is -0.466. The molecule has 0 unspecified atom stereocenters. The largest absolute Gasteiger partial charge is 0.321 e. The summed E-state index contributed by atoms with van der Waals surface area (Å²) in [5.74, 6) is -0.820. The van der Waals surface area contributed by atoms with Crippen LogP contribution < -0.4 is 16.0 Å². The van der Waals surface area contributed by atoms with Crippen LogP contribution in [-0.4, -0.2) is 28.5 Å². The third-order valence-electron chi connectivity index (χ3n) is 4.78. The Morgan fingerprint density at radius 1 is 0.889 bits per heavy atom. The second-order valence-corrected chi connectivity index (χ2v) is 9.39. The minimum Gasteiger partial charge on any atom is -0.321 e. The number of nitrogens with one attached hydrogen (secondary N) is 3. The number of aromatic nitrogens is 1. The van der Waals surface area contributed by atoms with Gasteiger partial charge in [0, 0.05) is 27.7 Å². The number of thiazole rings is 1. The van der Waals surface area contributed by atoms with Gasteiger partial charge in [-0.25, -0.2) is 4.98 Å². The van der Waals surface area contributed by atoms with Gasteiger partial charge in [-0.15, -0.1) is 23.1 Å². The molecule has 0 bridgehead atoms. The van der Waals surface area contributed by atoms with Gasteiger partial charge < -0.3 is 16.0 Å². The van der Waals surface area contributed by atoms with Gasteiger partial charge in [-0.2, -0.15) is 0 Å². The maximum atomic E-state index is 13.2. The van der Waals surface area contributed by atoms with E-state index < -0.39 is 5.91 Å². The molecule has 3 aromatic carbocycles. The van der Waals surface area contributed by atoms with E-state index in [1.165, 1.54) is 23.1 Å². The number of hydrogen-bond donors (Lipinski definition) is 3. The summed E-state index contributed by atoms with van der Waals surface area (Å²) >= 11 is 2.69. The lowest BCUT2D eigenvalue weighted by molar-refractivity contribution is -0.114. The van der Waals surface area contributed by atoms with Crippen molar-refractivity contribution < 1.29 is 14.4 Å². The van der Waals surface area contributed by atoms with Crippen LogP contribution in [0.1, 0.15) is 15.9 Å². The summed E-state index contributed by atoms with van der Waals surface area (Å²) in [6.07, 6.45) is 3.25. The van der Waals surface area contributed by atoms with E-state index in [4.69, 9.17) is 0 Å². The van der Waals surface area contributed by atoms with E-state index in [-0.39, 0.29) is 23.3 Å². The Bertz CT molecular complexity index is 1360. The van der Waals surface area contributed by atoms with Crippen molar-refractivity contribution >= 4 is 57.7 Å². The van der Waals surface area contributed by atoms with E-state index in [9.17, 15) is 14.4 Å². The van der Waals surface area contributed by atoms with Crippen molar-refractivity contribution in [2.24, 2.45) is 0 Å². The first-order chi connectivity index (χ1) is 17.6. The average molecular weight is 515 g/mol. The molecule has 4 aromatic rings. The van der Waals surface area contributed by atoms with Gasteiger partial charge in [0.15, 0.2) is 5.13 Å². The summed E-state index contributed by atoms with van der Waals surface area (Å²) in [5, 5.41) is 10.6. The average Bonchev–Trinajstić information content (AvgIpc) is 3.41. The predicted molar refractivity (Wildman–Crippen MR) is 145 cm³/mol. The molecule has 7 nitrogen and oxygen atoms in total. The van der Waals surface area contributed by atoms with Crippen molar-refractivity contribution in [2.75, 3.05) is 16.4 Å². The lowest BCUT2D eigenvalue weighted by Gasteiger charge is -2.12. The van der Waals surface area contributed by atoms with Crippen molar-refractivity contribution in [3.63, 3.8) is 0 Å². The second kappa shape index (κ2) is 12.5. The van der Waals surface area contributed by atoms with Gasteiger partial charge in [0.1, 0.15) is 5.70 Å². The first kappa shape index (κ1) is 24.9. The molecule has 0 fully saturated rings. The Kier molecular flexibility index (Phi) is 8.63. The predicted octanol–water partition coefficient (Wildman–Crippen LogP) is 5.28. The van der Waals surface area contributed by atoms with Gasteiger partial charge in [-0.1, -0.05) is 54.6 Å². The fourth-order valence-electron chi connectivity index (χ4n) is 3.11. The van der Waals surface area contributed by atoms with Crippen molar-refractivity contribution in [1.29, 1.82) is 0 Å². The van der Waals surface area contributed by atoms with Crippen LogP contribution in [0.3, 0.4) is 0 Å². The molecule has 3 N–H and O–H groups in total. The van der Waals surface area contributed by atoms with Crippen LogP contribution in [0.5, 0.6) is 0 Å². The zero-order valence-electron chi connectivity index (χ0n) is 19.0. The highest BCUT2D eigenvalue weighted by molar-refractivity contribution is 8.00. The van der Waals surface area contributed by atoms with E-state index in [1.807, 2.05) is 42.5 Å². The molecule has 0 aliphatic heterocycles. The van der Waals surface area contributed by atoms with Crippen LogP contribution >= 0.6 is 23.1 Å². The van der Waals surface area contributed by atoms with Crippen LogP contribution in [0.4, 0.5) is 10.8 Å². The molecule has 0 saturated heterocycles. The lowest BCUT2D eigenvalue weighted by atomic mass is 10.1. The number of carbonyl (C=O) groups is 3. The summed E-state index contributed by atoms with van der Waals surface area (Å²) in [7, 11) is 0. The van der Waals surface area contributed by atoms with Crippen molar-refractivity contribution in [3.05, 3.63) is 113 Å². The topological polar surface area (TPSA) is 100 Å². The van der Waals surface area contributed by atoms with Gasteiger partial charge in [0.25, 0.3) is 11.8 Å². The molecule has 180 valence electrons. The SMILES string of the molecule is O=C(CSc1cccc(NC(=O)/C(=C/c2ccccc2)NC(=O)c2ccccc2)c1)Nc1nccs1. The fourth-order valence-corrected chi connectivity index (χ4v) is 4.41. The Morgan fingerprint density at radius 3 is 2.36 bits per heavy atom. The molecule has 0 aliphatic carbocycles. The standard InChI is InChI=1S/C27H22N4O3S2/c32-24(31-27-28-14-15-35-27)18-36-22-13-7-12-21(17-22)29-26(34)23(16-19-8-3-1-4-9-19)30-25(33)20-10-5-2-6-11-20/h1-17H,18H2,(H,29,34)(H,30,33)(H,28,31,32)/b23-16-. The number of hydrogen-bond acceptors (Lipinski definition) is 6. The Morgan fingerprint density at radius 2 is 1.64 bits per heavy atom. The summed E-state index contributed by atoms with van der Waals surface area (Å²) in [6, 6.07) is 25.1.